The van der Waals surface area contributed by atoms with Crippen molar-refractivity contribution in [2.24, 2.45) is 35.3 Å². The predicted octanol–water partition coefficient (Wildman–Crippen LogP) is 3.08. The zero-order valence-electron chi connectivity index (χ0n) is 14.1. The zero-order valence-corrected chi connectivity index (χ0v) is 14.1. The van der Waals surface area contributed by atoms with Crippen LogP contribution in [0.3, 0.4) is 0 Å². The van der Waals surface area contributed by atoms with E-state index in [1.54, 1.807) is 6.07 Å². The zero-order chi connectivity index (χ0) is 16.8. The Morgan fingerprint density at radius 3 is 2.17 bits per heavy atom. The van der Waals surface area contributed by atoms with Crippen LogP contribution in [0.4, 0.5) is 0 Å². The number of carbonyl (C=O) groups is 2. The van der Waals surface area contributed by atoms with Gasteiger partial charge in [-0.1, -0.05) is 18.2 Å². The Kier molecular flexibility index (Phi) is 3.86. The molecule has 0 saturated heterocycles. The highest BCUT2D eigenvalue weighted by Gasteiger charge is 2.52. The third-order valence-corrected chi connectivity index (χ3v) is 6.53. The highest BCUT2D eigenvalue weighted by atomic mass is 16.5. The first-order chi connectivity index (χ1) is 11.5. The van der Waals surface area contributed by atoms with Crippen molar-refractivity contribution in [3.05, 3.63) is 35.4 Å². The molecule has 0 radical (unpaired) electrons. The molecule has 4 aliphatic rings. The van der Waals surface area contributed by atoms with Crippen LogP contribution in [-0.2, 0) is 9.53 Å². The summed E-state index contributed by atoms with van der Waals surface area (Å²) < 4.78 is 5.69. The van der Waals surface area contributed by atoms with Crippen LogP contribution in [0.2, 0.25) is 0 Å². The van der Waals surface area contributed by atoms with Crippen molar-refractivity contribution in [1.29, 1.82) is 0 Å². The van der Waals surface area contributed by atoms with Gasteiger partial charge in [-0.05, 0) is 74.3 Å². The van der Waals surface area contributed by atoms with E-state index in [9.17, 15) is 9.59 Å². The molecule has 0 heterocycles. The lowest BCUT2D eigenvalue weighted by Crippen LogP contribution is -2.53. The van der Waals surface area contributed by atoms with E-state index in [4.69, 9.17) is 10.5 Å². The molecule has 4 nitrogen and oxygen atoms in total. The molecule has 128 valence electrons. The van der Waals surface area contributed by atoms with Gasteiger partial charge in [0.05, 0.1) is 5.56 Å². The molecule has 0 aliphatic heterocycles. The monoisotopic (exact) mass is 327 g/mol. The van der Waals surface area contributed by atoms with Crippen LogP contribution in [0.1, 0.15) is 48.0 Å². The Balaban J connectivity index is 1.56. The smallest absolute Gasteiger partial charge is 0.339 e. The summed E-state index contributed by atoms with van der Waals surface area (Å²) in [5.74, 6) is 1.80. The molecule has 4 aliphatic carbocycles. The van der Waals surface area contributed by atoms with E-state index in [0.717, 1.165) is 17.4 Å². The molecule has 0 spiro atoms. The average molecular weight is 327 g/mol. The van der Waals surface area contributed by atoms with Crippen molar-refractivity contribution in [2.75, 3.05) is 0 Å². The highest BCUT2D eigenvalue weighted by molar-refractivity contribution is 5.93. The van der Waals surface area contributed by atoms with Crippen molar-refractivity contribution < 1.29 is 14.3 Å². The fourth-order valence-electron chi connectivity index (χ4n) is 5.77. The highest BCUT2D eigenvalue weighted by Crippen LogP contribution is 2.57. The number of benzene rings is 1. The molecule has 4 saturated carbocycles. The first-order valence-corrected chi connectivity index (χ1v) is 9.09. The third-order valence-electron chi connectivity index (χ3n) is 6.53. The summed E-state index contributed by atoms with van der Waals surface area (Å²) in [6, 6.07) is 7.31. The topological polar surface area (TPSA) is 69.4 Å². The number of primary amides is 1. The van der Waals surface area contributed by atoms with Crippen molar-refractivity contribution in [1.82, 2.24) is 0 Å². The summed E-state index contributed by atoms with van der Waals surface area (Å²) in [6.07, 6.45) is 5.25. The quantitative estimate of drug-likeness (QED) is 0.864. The average Bonchev–Trinajstić information content (AvgIpc) is 2.52. The standard InChI is InChI=1S/C20H25NO3/c1-11-4-2-3-5-16(11)20(23)24-18(19(21)22)17-14-7-12-6-13(9-14)10-15(17)8-12/h2-5,12-15,17-18H,6-10H2,1H3,(H2,21,22). The van der Waals surface area contributed by atoms with Gasteiger partial charge in [-0.3, -0.25) is 4.79 Å². The molecule has 1 aromatic carbocycles. The van der Waals surface area contributed by atoms with Crippen molar-refractivity contribution in [3.63, 3.8) is 0 Å². The maximum Gasteiger partial charge on any atom is 0.339 e. The third kappa shape index (κ3) is 2.62. The lowest BCUT2D eigenvalue weighted by atomic mass is 9.51. The maximum absolute atomic E-state index is 12.6. The van der Waals surface area contributed by atoms with E-state index in [2.05, 4.69) is 0 Å². The van der Waals surface area contributed by atoms with Crippen LogP contribution in [0.25, 0.3) is 0 Å². The van der Waals surface area contributed by atoms with Crippen LogP contribution >= 0.6 is 0 Å². The fourth-order valence-corrected chi connectivity index (χ4v) is 5.77. The normalized spacial score (nSPS) is 34.8. The minimum absolute atomic E-state index is 0.114. The summed E-state index contributed by atoms with van der Waals surface area (Å²) in [4.78, 5) is 24.7. The Hall–Kier alpha value is -1.84. The van der Waals surface area contributed by atoms with E-state index < -0.39 is 18.0 Å². The van der Waals surface area contributed by atoms with Crippen LogP contribution in [0, 0.1) is 36.5 Å². The minimum Gasteiger partial charge on any atom is -0.448 e. The first kappa shape index (κ1) is 15.7. The second-order valence-corrected chi connectivity index (χ2v) is 8.05. The lowest BCUT2D eigenvalue weighted by molar-refractivity contribution is -0.142. The summed E-state index contributed by atoms with van der Waals surface area (Å²) in [7, 11) is 0. The first-order valence-electron chi connectivity index (χ1n) is 9.09. The number of rotatable bonds is 4. The predicted molar refractivity (Wildman–Crippen MR) is 90.1 cm³/mol. The maximum atomic E-state index is 12.6. The van der Waals surface area contributed by atoms with Gasteiger partial charge in [-0.25, -0.2) is 4.79 Å². The Bertz CT molecular complexity index is 641. The SMILES string of the molecule is Cc1ccccc1C(=O)OC(C(N)=O)C1C2CC3CC(C2)CC1C3. The molecule has 1 amide bonds. The molecule has 4 bridgehead atoms. The minimum atomic E-state index is -0.785. The molecule has 24 heavy (non-hydrogen) atoms. The largest absolute Gasteiger partial charge is 0.448 e. The molecular formula is C20H25NO3. The second-order valence-electron chi connectivity index (χ2n) is 8.05. The molecular weight excluding hydrogens is 302 g/mol. The molecule has 1 unspecified atom stereocenters. The van der Waals surface area contributed by atoms with Crippen molar-refractivity contribution >= 4 is 11.9 Å². The van der Waals surface area contributed by atoms with Crippen LogP contribution in [-0.4, -0.2) is 18.0 Å². The Morgan fingerprint density at radius 1 is 1.04 bits per heavy atom. The molecule has 4 fully saturated rings. The van der Waals surface area contributed by atoms with Crippen LogP contribution < -0.4 is 5.73 Å². The van der Waals surface area contributed by atoms with Gasteiger partial charge in [0.2, 0.25) is 0 Å². The number of esters is 1. The number of carbonyl (C=O) groups excluding carboxylic acids is 2. The van der Waals surface area contributed by atoms with E-state index >= 15 is 0 Å². The number of aryl methyl sites for hydroxylation is 1. The Labute approximate surface area is 142 Å². The summed E-state index contributed by atoms with van der Waals surface area (Å²) in [6.45, 7) is 1.87. The molecule has 1 aromatic rings. The van der Waals surface area contributed by atoms with Crippen LogP contribution in [0.5, 0.6) is 0 Å². The molecule has 1 atom stereocenters. The van der Waals surface area contributed by atoms with E-state index in [1.165, 1.54) is 32.1 Å². The summed E-state index contributed by atoms with van der Waals surface area (Å²) >= 11 is 0. The molecule has 2 N–H and O–H groups in total. The molecule has 4 heteroatoms. The number of amides is 1. The fraction of sp³-hybridized carbons (Fsp3) is 0.600. The number of nitrogens with two attached hydrogens (primary N) is 1. The van der Waals surface area contributed by atoms with E-state index in [0.29, 0.717) is 17.4 Å². The van der Waals surface area contributed by atoms with Crippen LogP contribution in [0.15, 0.2) is 24.3 Å². The number of ether oxygens (including phenoxy) is 1. The Morgan fingerprint density at radius 2 is 1.62 bits per heavy atom. The number of hydrogen-bond acceptors (Lipinski definition) is 3. The van der Waals surface area contributed by atoms with Gasteiger partial charge >= 0.3 is 5.97 Å². The van der Waals surface area contributed by atoms with Gasteiger partial charge < -0.3 is 10.5 Å². The van der Waals surface area contributed by atoms with Gasteiger partial charge in [0.25, 0.3) is 5.91 Å². The van der Waals surface area contributed by atoms with Crippen molar-refractivity contribution in [2.45, 2.75) is 45.1 Å². The van der Waals surface area contributed by atoms with Gasteiger partial charge in [0.1, 0.15) is 0 Å². The second kappa shape index (κ2) is 5.91. The lowest BCUT2D eigenvalue weighted by Gasteiger charge is -2.55. The van der Waals surface area contributed by atoms with Gasteiger partial charge in [0, 0.05) is 5.92 Å². The van der Waals surface area contributed by atoms with Gasteiger partial charge in [-0.15, -0.1) is 0 Å². The number of hydrogen-bond donors (Lipinski definition) is 1. The summed E-state index contributed by atoms with van der Waals surface area (Å²) in [5, 5.41) is 0. The van der Waals surface area contributed by atoms with E-state index in [-0.39, 0.29) is 5.92 Å². The van der Waals surface area contributed by atoms with Gasteiger partial charge in [-0.2, -0.15) is 0 Å². The van der Waals surface area contributed by atoms with Crippen molar-refractivity contribution in [3.8, 4) is 0 Å². The molecule has 0 aromatic heterocycles. The summed E-state index contributed by atoms with van der Waals surface area (Å²) in [5.41, 5.74) is 7.04. The van der Waals surface area contributed by atoms with Gasteiger partial charge in [0.15, 0.2) is 6.10 Å². The van der Waals surface area contributed by atoms with E-state index in [1.807, 2.05) is 25.1 Å². The molecule has 5 rings (SSSR count).